The molecule has 0 radical (unpaired) electrons. The van der Waals surface area contributed by atoms with Crippen molar-refractivity contribution in [2.75, 3.05) is 0 Å². The molecule has 0 aromatic carbocycles. The van der Waals surface area contributed by atoms with Crippen molar-refractivity contribution in [2.24, 2.45) is 10.8 Å². The van der Waals surface area contributed by atoms with Gasteiger partial charge in [0, 0.05) is 0 Å². The summed E-state index contributed by atoms with van der Waals surface area (Å²) in [4.78, 5) is 0. The minimum atomic E-state index is -0.489. The summed E-state index contributed by atoms with van der Waals surface area (Å²) in [6, 6.07) is 0. The summed E-state index contributed by atoms with van der Waals surface area (Å²) in [5.41, 5.74) is 0.973. The first-order valence-corrected chi connectivity index (χ1v) is 9.58. The van der Waals surface area contributed by atoms with Gasteiger partial charge in [-0.05, 0) is 0 Å². The first-order valence-electron chi connectivity index (χ1n) is 7.12. The molecule has 0 N–H and O–H groups in total. The van der Waals surface area contributed by atoms with Crippen molar-refractivity contribution in [3.8, 4) is 0 Å². The summed E-state index contributed by atoms with van der Waals surface area (Å²) in [7, 11) is 0. The molecular weight excluding hydrogens is 354 g/mol. The standard InChI is InChI=1S/2C8H17.2ClH.Zr/c2*1-6-8(4,5)7(2)3;;;/h2*6H2,1-5H3;2*1H;/q;;;;+2/p-2. The first kappa shape index (κ1) is 25.4. The zero-order valence-electron chi connectivity index (χ0n) is 14.7. The van der Waals surface area contributed by atoms with E-state index in [1.807, 2.05) is 0 Å². The van der Waals surface area contributed by atoms with Gasteiger partial charge in [-0.25, -0.2) is 0 Å². The predicted octanol–water partition coefficient (Wildman–Crippen LogP) is 0.346. The smallest absolute Gasteiger partial charge is 1.00 e. The van der Waals surface area contributed by atoms with Crippen molar-refractivity contribution in [3.63, 3.8) is 0 Å². The van der Waals surface area contributed by atoms with E-state index in [1.165, 1.54) is 12.8 Å². The monoisotopic (exact) mass is 386 g/mol. The molecule has 0 bridgehead atoms. The number of hydrogen-bond donors (Lipinski definition) is 0. The second-order valence-electron chi connectivity index (χ2n) is 7.85. The Morgan fingerprint density at radius 2 is 0.789 bits per heavy atom. The molecule has 0 spiro atoms. The second kappa shape index (κ2) is 8.19. The Bertz CT molecular complexity index is 229. The number of rotatable bonds is 6. The zero-order valence-corrected chi connectivity index (χ0v) is 18.6. The molecule has 0 fully saturated rings. The quantitative estimate of drug-likeness (QED) is 0.616. The summed E-state index contributed by atoms with van der Waals surface area (Å²) in [6.07, 6.45) is 2.59. The van der Waals surface area contributed by atoms with Crippen LogP contribution in [0.25, 0.3) is 0 Å². The average Bonchev–Trinajstić information content (AvgIpc) is 2.15. The van der Waals surface area contributed by atoms with Gasteiger partial charge in [0.15, 0.2) is 0 Å². The van der Waals surface area contributed by atoms with Crippen molar-refractivity contribution >= 4 is 0 Å². The largest absolute Gasteiger partial charge is 1.00 e. The maximum absolute atomic E-state index is 2.52. The summed E-state index contributed by atoms with van der Waals surface area (Å²) >= 11 is -0.489. The molecule has 0 unspecified atom stereocenters. The van der Waals surface area contributed by atoms with Crippen LogP contribution < -0.4 is 24.8 Å². The molecule has 0 atom stereocenters. The Hall–Kier alpha value is 1.46. The van der Waals surface area contributed by atoms with E-state index in [9.17, 15) is 0 Å². The molecule has 116 valence electrons. The van der Waals surface area contributed by atoms with Crippen LogP contribution >= 0.6 is 0 Å². The maximum Gasteiger partial charge on any atom is -1.00 e. The Kier molecular flexibility index (Phi) is 11.0. The minimum Gasteiger partial charge on any atom is -1.00 e. The summed E-state index contributed by atoms with van der Waals surface area (Å²) in [6.45, 7) is 24.6. The Labute approximate surface area is 146 Å². The van der Waals surface area contributed by atoms with Crippen molar-refractivity contribution in [2.45, 2.75) is 88.3 Å². The van der Waals surface area contributed by atoms with Crippen LogP contribution in [-0.4, -0.2) is 0 Å². The fourth-order valence-corrected chi connectivity index (χ4v) is 8.38. The molecule has 0 aromatic heterocycles. The normalized spacial score (nSPS) is 13.2. The van der Waals surface area contributed by atoms with Gasteiger partial charge in [0.1, 0.15) is 0 Å². The van der Waals surface area contributed by atoms with E-state index in [0.717, 1.165) is 0 Å². The van der Waals surface area contributed by atoms with Crippen LogP contribution in [0.1, 0.15) is 82.1 Å². The molecule has 0 saturated carbocycles. The molecule has 19 heavy (non-hydrogen) atoms. The molecule has 0 saturated heterocycles. The number of halogens is 2. The second-order valence-corrected chi connectivity index (χ2v) is 14.6. The molecule has 0 amide bonds. The molecule has 0 aliphatic rings. The van der Waals surface area contributed by atoms with E-state index in [2.05, 4.69) is 69.2 Å². The fraction of sp³-hybridized carbons (Fsp3) is 1.00. The molecule has 0 aliphatic carbocycles. The maximum atomic E-state index is 2.52. The van der Waals surface area contributed by atoms with Crippen LogP contribution in [0.4, 0.5) is 0 Å². The molecule has 0 aromatic rings. The van der Waals surface area contributed by atoms with Crippen molar-refractivity contribution < 1.29 is 48.0 Å². The van der Waals surface area contributed by atoms with E-state index in [4.69, 9.17) is 0 Å². The molecular formula is C16H34Cl2Zr. The van der Waals surface area contributed by atoms with Gasteiger partial charge in [-0.2, -0.15) is 0 Å². The third kappa shape index (κ3) is 6.00. The molecule has 3 heteroatoms. The van der Waals surface area contributed by atoms with Gasteiger partial charge in [0.05, 0.1) is 0 Å². The summed E-state index contributed by atoms with van der Waals surface area (Å²) < 4.78 is 1.11. The van der Waals surface area contributed by atoms with Crippen LogP contribution in [0.3, 0.4) is 0 Å². The summed E-state index contributed by atoms with van der Waals surface area (Å²) in [5, 5.41) is 0. The van der Waals surface area contributed by atoms with Crippen LogP contribution in [0.2, 0.25) is 6.25 Å². The van der Waals surface area contributed by atoms with Gasteiger partial charge < -0.3 is 24.8 Å². The van der Waals surface area contributed by atoms with Crippen molar-refractivity contribution in [1.29, 1.82) is 0 Å². The summed E-state index contributed by atoms with van der Waals surface area (Å²) in [5.74, 6) is 0. The van der Waals surface area contributed by atoms with E-state index in [1.54, 1.807) is 0 Å². The van der Waals surface area contributed by atoms with Gasteiger partial charge in [-0.15, -0.1) is 0 Å². The van der Waals surface area contributed by atoms with Crippen molar-refractivity contribution in [1.82, 2.24) is 0 Å². The molecule has 0 nitrogen and oxygen atoms in total. The van der Waals surface area contributed by atoms with Crippen LogP contribution in [0.5, 0.6) is 0 Å². The SMILES string of the molecule is CCC(C)(C)[C](C)(C)[Zr+2][C](C)(C)C(C)(C)CC.[Cl-].[Cl-]. The first-order chi connectivity index (χ1) is 7.33. The van der Waals surface area contributed by atoms with E-state index >= 15 is 0 Å². The van der Waals surface area contributed by atoms with Crippen LogP contribution in [0, 0.1) is 10.8 Å². The van der Waals surface area contributed by atoms with Gasteiger partial charge >= 0.3 is 122 Å². The molecule has 0 heterocycles. The van der Waals surface area contributed by atoms with E-state index in [0.29, 0.717) is 17.1 Å². The fourth-order valence-electron chi connectivity index (χ4n) is 2.00. The third-order valence-corrected chi connectivity index (χ3v) is 12.2. The molecule has 0 aliphatic heterocycles. The zero-order chi connectivity index (χ0) is 14.1. The van der Waals surface area contributed by atoms with E-state index in [-0.39, 0.29) is 24.8 Å². The Balaban J connectivity index is -0.00000128. The van der Waals surface area contributed by atoms with Gasteiger partial charge in [-0.3, -0.25) is 0 Å². The van der Waals surface area contributed by atoms with E-state index < -0.39 is 23.2 Å². The Morgan fingerprint density at radius 1 is 0.579 bits per heavy atom. The minimum absolute atomic E-state index is 0. The van der Waals surface area contributed by atoms with Crippen molar-refractivity contribution in [3.05, 3.63) is 0 Å². The topological polar surface area (TPSA) is 0 Å². The average molecular weight is 389 g/mol. The van der Waals surface area contributed by atoms with Crippen LogP contribution in [0.15, 0.2) is 0 Å². The van der Waals surface area contributed by atoms with Gasteiger partial charge in [0.25, 0.3) is 0 Å². The number of hydrogen-bond acceptors (Lipinski definition) is 0. The third-order valence-electron chi connectivity index (χ3n) is 5.78. The van der Waals surface area contributed by atoms with Gasteiger partial charge in [-0.1, -0.05) is 0 Å². The Morgan fingerprint density at radius 3 is 0.947 bits per heavy atom. The van der Waals surface area contributed by atoms with Gasteiger partial charge in [0.2, 0.25) is 0 Å². The van der Waals surface area contributed by atoms with Crippen LogP contribution in [-0.2, 0) is 23.2 Å². The molecule has 0 rings (SSSR count). The predicted molar refractivity (Wildman–Crippen MR) is 76.2 cm³/mol.